The van der Waals surface area contributed by atoms with E-state index < -0.39 is 6.04 Å². The highest BCUT2D eigenvalue weighted by atomic mass is 19.1. The minimum Gasteiger partial charge on any atom is -0.497 e. The SMILES string of the molecule is COc1cccc(C(=O)N2CC(N(Cc3ccc(F)cc3)CC3CCCO3)CC2C(=O)NCCN)c1. The first kappa shape index (κ1) is 26.1. The Labute approximate surface area is 211 Å². The molecule has 0 saturated carbocycles. The lowest BCUT2D eigenvalue weighted by atomic mass is 10.1. The van der Waals surface area contributed by atoms with E-state index >= 15 is 0 Å². The molecule has 9 heteroatoms. The Morgan fingerprint density at radius 2 is 2.06 bits per heavy atom. The number of carbonyl (C=O) groups is 2. The summed E-state index contributed by atoms with van der Waals surface area (Å²) in [6.45, 7) is 3.05. The fourth-order valence-corrected chi connectivity index (χ4v) is 5.00. The summed E-state index contributed by atoms with van der Waals surface area (Å²) >= 11 is 0. The Morgan fingerprint density at radius 1 is 1.25 bits per heavy atom. The van der Waals surface area contributed by atoms with Crippen molar-refractivity contribution in [1.82, 2.24) is 15.1 Å². The van der Waals surface area contributed by atoms with Gasteiger partial charge >= 0.3 is 0 Å². The van der Waals surface area contributed by atoms with Crippen LogP contribution in [0.15, 0.2) is 48.5 Å². The number of hydrogen-bond donors (Lipinski definition) is 2. The zero-order chi connectivity index (χ0) is 25.5. The number of nitrogens with zero attached hydrogens (tertiary/aromatic N) is 2. The number of benzene rings is 2. The predicted octanol–water partition coefficient (Wildman–Crippen LogP) is 2.17. The van der Waals surface area contributed by atoms with Crippen LogP contribution in [0.25, 0.3) is 0 Å². The van der Waals surface area contributed by atoms with Gasteiger partial charge in [-0.2, -0.15) is 0 Å². The van der Waals surface area contributed by atoms with E-state index in [1.807, 2.05) is 0 Å². The van der Waals surface area contributed by atoms with Gasteiger partial charge in [-0.15, -0.1) is 0 Å². The molecule has 2 aromatic rings. The standard InChI is InChI=1S/C27H35FN4O4/c1-35-23-5-2-4-20(14-23)27(34)32-17-22(15-25(32)26(33)30-12-11-29)31(18-24-6-3-13-36-24)16-19-7-9-21(28)10-8-19/h2,4-5,7-10,14,22,24-25H,3,6,11-13,15-18,29H2,1H3,(H,30,33). The lowest BCUT2D eigenvalue weighted by Crippen LogP contribution is -2.47. The topological polar surface area (TPSA) is 97.1 Å². The van der Waals surface area contributed by atoms with Crippen molar-refractivity contribution in [3.63, 3.8) is 0 Å². The number of ether oxygens (including phenoxy) is 2. The number of hydrogen-bond acceptors (Lipinski definition) is 6. The van der Waals surface area contributed by atoms with Crippen molar-refractivity contribution in [1.29, 1.82) is 0 Å². The molecule has 0 aromatic heterocycles. The number of nitrogens with two attached hydrogens (primary N) is 1. The van der Waals surface area contributed by atoms with Crippen LogP contribution < -0.4 is 15.8 Å². The van der Waals surface area contributed by atoms with Gasteiger partial charge in [0.1, 0.15) is 17.6 Å². The Hall–Kier alpha value is -3.01. The van der Waals surface area contributed by atoms with Crippen molar-refractivity contribution in [3.8, 4) is 5.75 Å². The molecule has 2 heterocycles. The van der Waals surface area contributed by atoms with E-state index in [1.165, 1.54) is 12.1 Å². The molecule has 0 radical (unpaired) electrons. The number of likely N-dealkylation sites (tertiary alicyclic amines) is 1. The Bertz CT molecular complexity index is 1030. The highest BCUT2D eigenvalue weighted by molar-refractivity contribution is 5.98. The number of carbonyl (C=O) groups excluding carboxylic acids is 2. The van der Waals surface area contributed by atoms with E-state index in [-0.39, 0.29) is 29.8 Å². The first-order chi connectivity index (χ1) is 17.5. The second-order valence-electron chi connectivity index (χ2n) is 9.37. The summed E-state index contributed by atoms with van der Waals surface area (Å²) < 4.78 is 24.7. The molecule has 2 amide bonds. The Morgan fingerprint density at radius 3 is 2.75 bits per heavy atom. The zero-order valence-corrected chi connectivity index (χ0v) is 20.7. The first-order valence-corrected chi connectivity index (χ1v) is 12.5. The van der Waals surface area contributed by atoms with Gasteiger partial charge < -0.3 is 25.4 Å². The largest absolute Gasteiger partial charge is 0.497 e. The van der Waals surface area contributed by atoms with Crippen molar-refractivity contribution < 1.29 is 23.5 Å². The molecular formula is C27H35FN4O4. The van der Waals surface area contributed by atoms with E-state index in [0.29, 0.717) is 50.5 Å². The van der Waals surface area contributed by atoms with Crippen LogP contribution in [0.4, 0.5) is 4.39 Å². The molecule has 3 atom stereocenters. The lowest BCUT2D eigenvalue weighted by molar-refractivity contribution is -0.124. The molecule has 2 aromatic carbocycles. The van der Waals surface area contributed by atoms with Crippen molar-refractivity contribution in [2.24, 2.45) is 5.73 Å². The van der Waals surface area contributed by atoms with Crippen LogP contribution in [0.2, 0.25) is 0 Å². The molecule has 2 saturated heterocycles. The molecule has 2 aliphatic heterocycles. The summed E-state index contributed by atoms with van der Waals surface area (Å²) in [6, 6.07) is 12.7. The second kappa shape index (κ2) is 12.3. The van der Waals surface area contributed by atoms with Gasteiger partial charge in [-0.1, -0.05) is 18.2 Å². The quantitative estimate of drug-likeness (QED) is 0.521. The molecule has 4 rings (SSSR count). The van der Waals surface area contributed by atoms with Gasteiger partial charge in [0.25, 0.3) is 5.91 Å². The smallest absolute Gasteiger partial charge is 0.254 e. The summed E-state index contributed by atoms with van der Waals surface area (Å²) in [5.41, 5.74) is 7.04. The summed E-state index contributed by atoms with van der Waals surface area (Å²) in [6.07, 6.45) is 2.57. The van der Waals surface area contributed by atoms with E-state index in [9.17, 15) is 14.0 Å². The molecule has 3 N–H and O–H groups in total. The van der Waals surface area contributed by atoms with E-state index in [0.717, 1.165) is 25.0 Å². The number of amides is 2. The Kier molecular flexibility index (Phi) is 8.90. The fourth-order valence-electron chi connectivity index (χ4n) is 5.00. The number of rotatable bonds is 10. The Balaban J connectivity index is 1.59. The number of halogens is 1. The first-order valence-electron chi connectivity index (χ1n) is 12.5. The van der Waals surface area contributed by atoms with Gasteiger partial charge in [-0.25, -0.2) is 4.39 Å². The molecule has 2 aliphatic rings. The summed E-state index contributed by atoms with van der Waals surface area (Å²) in [4.78, 5) is 30.6. The lowest BCUT2D eigenvalue weighted by Gasteiger charge is -2.31. The van der Waals surface area contributed by atoms with Crippen LogP contribution in [-0.4, -0.2) is 79.7 Å². The van der Waals surface area contributed by atoms with Crippen molar-refractivity contribution in [2.75, 3.05) is 39.9 Å². The summed E-state index contributed by atoms with van der Waals surface area (Å²) in [5, 5.41) is 2.85. The van der Waals surface area contributed by atoms with Crippen LogP contribution in [-0.2, 0) is 16.1 Å². The third-order valence-corrected chi connectivity index (χ3v) is 6.88. The fraction of sp³-hybridized carbons (Fsp3) is 0.481. The maximum absolute atomic E-state index is 13.6. The highest BCUT2D eigenvalue weighted by Gasteiger charge is 2.42. The molecular weight excluding hydrogens is 463 g/mol. The highest BCUT2D eigenvalue weighted by Crippen LogP contribution is 2.28. The molecule has 36 heavy (non-hydrogen) atoms. The number of nitrogens with one attached hydrogen (secondary N) is 1. The second-order valence-corrected chi connectivity index (χ2v) is 9.37. The van der Waals surface area contributed by atoms with Crippen molar-refractivity contribution in [2.45, 2.75) is 44.0 Å². The average Bonchev–Trinajstić information content (AvgIpc) is 3.58. The van der Waals surface area contributed by atoms with Gasteiger partial charge in [-0.05, 0) is 55.2 Å². The van der Waals surface area contributed by atoms with Crippen LogP contribution >= 0.6 is 0 Å². The summed E-state index contributed by atoms with van der Waals surface area (Å²) in [7, 11) is 1.55. The minimum atomic E-state index is -0.625. The van der Waals surface area contributed by atoms with Crippen molar-refractivity contribution >= 4 is 11.8 Å². The van der Waals surface area contributed by atoms with Crippen LogP contribution in [0.3, 0.4) is 0 Å². The van der Waals surface area contributed by atoms with Gasteiger partial charge in [-0.3, -0.25) is 14.5 Å². The van der Waals surface area contributed by atoms with Crippen LogP contribution in [0.1, 0.15) is 35.2 Å². The molecule has 0 aliphatic carbocycles. The van der Waals surface area contributed by atoms with Gasteiger partial charge in [0, 0.05) is 50.9 Å². The molecule has 8 nitrogen and oxygen atoms in total. The van der Waals surface area contributed by atoms with E-state index in [4.69, 9.17) is 15.2 Å². The monoisotopic (exact) mass is 498 g/mol. The van der Waals surface area contributed by atoms with Crippen molar-refractivity contribution in [3.05, 3.63) is 65.5 Å². The molecule has 0 spiro atoms. The maximum Gasteiger partial charge on any atom is 0.254 e. The molecule has 0 bridgehead atoms. The molecule has 3 unspecified atom stereocenters. The van der Waals surface area contributed by atoms with Gasteiger partial charge in [0.2, 0.25) is 5.91 Å². The average molecular weight is 499 g/mol. The zero-order valence-electron chi connectivity index (χ0n) is 20.7. The van der Waals surface area contributed by atoms with Crippen LogP contribution in [0, 0.1) is 5.82 Å². The normalized spacial score (nSPS) is 21.7. The minimum absolute atomic E-state index is 0.0672. The molecule has 2 fully saturated rings. The predicted molar refractivity (Wildman–Crippen MR) is 134 cm³/mol. The summed E-state index contributed by atoms with van der Waals surface area (Å²) in [5.74, 6) is -0.129. The number of methoxy groups -OCH3 is 1. The van der Waals surface area contributed by atoms with E-state index in [2.05, 4.69) is 10.2 Å². The van der Waals surface area contributed by atoms with Crippen LogP contribution in [0.5, 0.6) is 5.75 Å². The third-order valence-electron chi connectivity index (χ3n) is 6.88. The van der Waals surface area contributed by atoms with E-state index in [1.54, 1.807) is 48.4 Å². The van der Waals surface area contributed by atoms with Gasteiger partial charge in [0.15, 0.2) is 0 Å². The third kappa shape index (κ3) is 6.40. The maximum atomic E-state index is 13.6. The van der Waals surface area contributed by atoms with Gasteiger partial charge in [0.05, 0.1) is 13.2 Å². The molecule has 194 valence electrons.